The maximum atomic E-state index is 12.0. The first-order chi connectivity index (χ1) is 9.88. The van der Waals surface area contributed by atoms with Crippen LogP contribution in [0.25, 0.3) is 0 Å². The molecule has 1 atom stereocenters. The van der Waals surface area contributed by atoms with Crippen LogP contribution >= 0.6 is 0 Å². The molecule has 0 aliphatic heterocycles. The van der Waals surface area contributed by atoms with Crippen molar-refractivity contribution in [2.24, 2.45) is 0 Å². The van der Waals surface area contributed by atoms with Crippen molar-refractivity contribution in [2.75, 3.05) is 6.61 Å². The van der Waals surface area contributed by atoms with Gasteiger partial charge in [0.1, 0.15) is 6.04 Å². The maximum Gasteiger partial charge on any atom is 0.405 e. The summed E-state index contributed by atoms with van der Waals surface area (Å²) in [5, 5.41) is 12.9. The highest BCUT2D eigenvalue weighted by atomic mass is 19.3. The summed E-state index contributed by atoms with van der Waals surface area (Å²) in [7, 11) is 0. The predicted octanol–water partition coefficient (Wildman–Crippen LogP) is 1.49. The molecule has 0 unspecified atom stereocenters. The van der Waals surface area contributed by atoms with E-state index in [0.717, 1.165) is 11.1 Å². The molecule has 0 saturated heterocycles. The molecule has 21 heavy (non-hydrogen) atoms. The predicted molar refractivity (Wildman–Crippen MR) is 69.9 cm³/mol. The largest absolute Gasteiger partial charge is 0.465 e. The zero-order valence-corrected chi connectivity index (χ0v) is 11.3. The Hall–Kier alpha value is -2.22. The number of aryl methyl sites for hydroxylation is 1. The SMILES string of the molecule is Cc1cccc(CNC(=O)[C@@H](COC(F)F)NC(=O)O)c1. The molecule has 6 nitrogen and oxygen atoms in total. The monoisotopic (exact) mass is 302 g/mol. The van der Waals surface area contributed by atoms with E-state index in [1.165, 1.54) is 0 Å². The third-order valence-electron chi connectivity index (χ3n) is 2.55. The van der Waals surface area contributed by atoms with Gasteiger partial charge in [0, 0.05) is 6.54 Å². The standard InChI is InChI=1S/C13H16F2N2O4/c1-8-3-2-4-9(5-8)6-16-11(18)10(17-13(19)20)7-21-12(14)15/h2-5,10,12,17H,6-7H2,1H3,(H,16,18)(H,19,20)/t10-/m1/s1. The topological polar surface area (TPSA) is 87.7 Å². The van der Waals surface area contributed by atoms with E-state index in [4.69, 9.17) is 5.11 Å². The van der Waals surface area contributed by atoms with E-state index in [0.29, 0.717) is 0 Å². The minimum atomic E-state index is -3.08. The Labute approximate surface area is 120 Å². The number of carboxylic acid groups (broad SMARTS) is 1. The minimum Gasteiger partial charge on any atom is -0.465 e. The average molecular weight is 302 g/mol. The number of hydrogen-bond donors (Lipinski definition) is 3. The Bertz CT molecular complexity index is 497. The van der Waals surface area contributed by atoms with E-state index in [9.17, 15) is 18.4 Å². The van der Waals surface area contributed by atoms with Crippen LogP contribution in [0.3, 0.4) is 0 Å². The number of amides is 2. The van der Waals surface area contributed by atoms with E-state index < -0.39 is 31.3 Å². The van der Waals surface area contributed by atoms with Gasteiger partial charge in [-0.2, -0.15) is 8.78 Å². The number of rotatable bonds is 7. The molecule has 1 aromatic rings. The molecule has 1 aromatic carbocycles. The summed E-state index contributed by atoms with van der Waals surface area (Å²) in [5.74, 6) is -0.737. The second-order valence-corrected chi connectivity index (χ2v) is 4.30. The molecule has 0 heterocycles. The first kappa shape index (κ1) is 16.8. The third-order valence-corrected chi connectivity index (χ3v) is 2.55. The minimum absolute atomic E-state index is 0.160. The van der Waals surface area contributed by atoms with Crippen LogP contribution in [0.1, 0.15) is 11.1 Å². The van der Waals surface area contributed by atoms with E-state index in [2.05, 4.69) is 10.1 Å². The molecule has 0 bridgehead atoms. The van der Waals surface area contributed by atoms with E-state index >= 15 is 0 Å². The van der Waals surface area contributed by atoms with E-state index in [1.54, 1.807) is 6.07 Å². The van der Waals surface area contributed by atoms with Crippen LogP contribution in [-0.2, 0) is 16.1 Å². The normalized spacial score (nSPS) is 12.0. The number of alkyl halides is 2. The molecule has 3 N–H and O–H groups in total. The highest BCUT2D eigenvalue weighted by molar-refractivity contribution is 5.85. The van der Waals surface area contributed by atoms with Crippen LogP contribution < -0.4 is 10.6 Å². The van der Waals surface area contributed by atoms with Gasteiger partial charge in [0.15, 0.2) is 0 Å². The lowest BCUT2D eigenvalue weighted by Gasteiger charge is -2.16. The first-order valence-electron chi connectivity index (χ1n) is 6.11. The summed E-state index contributed by atoms with van der Waals surface area (Å²) in [6.07, 6.45) is -1.50. The first-order valence-corrected chi connectivity index (χ1v) is 6.11. The molecule has 0 aromatic heterocycles. The fourth-order valence-corrected chi connectivity index (χ4v) is 1.64. The summed E-state index contributed by atoms with van der Waals surface area (Å²) >= 11 is 0. The third kappa shape index (κ3) is 6.66. The second kappa shape index (κ2) is 8.15. The number of nitrogens with one attached hydrogen (secondary N) is 2. The second-order valence-electron chi connectivity index (χ2n) is 4.30. The molecule has 0 aliphatic carbocycles. The van der Waals surface area contributed by atoms with Crippen LogP contribution in [-0.4, -0.2) is 36.4 Å². The van der Waals surface area contributed by atoms with Gasteiger partial charge in [0.25, 0.3) is 0 Å². The Morgan fingerprint density at radius 1 is 1.38 bits per heavy atom. The summed E-state index contributed by atoms with van der Waals surface area (Å²) in [6, 6.07) is 5.92. The Balaban J connectivity index is 2.56. The van der Waals surface area contributed by atoms with Gasteiger partial charge in [-0.25, -0.2) is 4.79 Å². The van der Waals surface area contributed by atoms with Crippen molar-refractivity contribution < 1.29 is 28.2 Å². The zero-order chi connectivity index (χ0) is 15.8. The number of benzene rings is 1. The average Bonchev–Trinajstić information content (AvgIpc) is 2.40. The highest BCUT2D eigenvalue weighted by Gasteiger charge is 2.22. The summed E-state index contributed by atoms with van der Waals surface area (Å²) in [5.41, 5.74) is 1.81. The summed E-state index contributed by atoms with van der Waals surface area (Å²) in [4.78, 5) is 22.3. The number of hydrogen-bond acceptors (Lipinski definition) is 3. The van der Waals surface area contributed by atoms with Gasteiger partial charge in [-0.15, -0.1) is 0 Å². The molecule has 116 valence electrons. The van der Waals surface area contributed by atoms with Crippen molar-refractivity contribution >= 4 is 12.0 Å². The molecule has 0 spiro atoms. The molecule has 8 heteroatoms. The molecule has 2 amide bonds. The number of carbonyl (C=O) groups is 2. The maximum absolute atomic E-state index is 12.0. The highest BCUT2D eigenvalue weighted by Crippen LogP contribution is 2.04. The van der Waals surface area contributed by atoms with Crippen LogP contribution in [0.2, 0.25) is 0 Å². The quantitative estimate of drug-likeness (QED) is 0.712. The molecular weight excluding hydrogens is 286 g/mol. The Kier molecular flexibility index (Phi) is 6.54. The Morgan fingerprint density at radius 3 is 2.67 bits per heavy atom. The van der Waals surface area contributed by atoms with Gasteiger partial charge in [-0.3, -0.25) is 4.79 Å². The fourth-order valence-electron chi connectivity index (χ4n) is 1.64. The molecular formula is C13H16F2N2O4. The lowest BCUT2D eigenvalue weighted by atomic mass is 10.1. The van der Waals surface area contributed by atoms with Crippen molar-refractivity contribution in [3.63, 3.8) is 0 Å². The molecule has 0 fully saturated rings. The van der Waals surface area contributed by atoms with Crippen LogP contribution in [0.5, 0.6) is 0 Å². The van der Waals surface area contributed by atoms with Gasteiger partial charge in [-0.1, -0.05) is 29.8 Å². The van der Waals surface area contributed by atoms with Crippen molar-refractivity contribution in [1.29, 1.82) is 0 Å². The van der Waals surface area contributed by atoms with Crippen molar-refractivity contribution in [1.82, 2.24) is 10.6 Å². The zero-order valence-electron chi connectivity index (χ0n) is 11.3. The van der Waals surface area contributed by atoms with Crippen molar-refractivity contribution in [3.05, 3.63) is 35.4 Å². The number of carbonyl (C=O) groups excluding carboxylic acids is 1. The van der Waals surface area contributed by atoms with Gasteiger partial charge >= 0.3 is 12.7 Å². The molecule has 0 aliphatic rings. The summed E-state index contributed by atoms with van der Waals surface area (Å²) < 4.78 is 27.9. The van der Waals surface area contributed by atoms with Gasteiger partial charge < -0.3 is 20.5 Å². The van der Waals surface area contributed by atoms with Gasteiger partial charge in [-0.05, 0) is 12.5 Å². The van der Waals surface area contributed by atoms with Crippen molar-refractivity contribution in [2.45, 2.75) is 26.1 Å². The lowest BCUT2D eigenvalue weighted by molar-refractivity contribution is -0.143. The fraction of sp³-hybridized carbons (Fsp3) is 0.385. The molecule has 0 saturated carbocycles. The van der Waals surface area contributed by atoms with E-state index in [-0.39, 0.29) is 6.54 Å². The van der Waals surface area contributed by atoms with Crippen molar-refractivity contribution in [3.8, 4) is 0 Å². The van der Waals surface area contributed by atoms with Gasteiger partial charge in [0.2, 0.25) is 5.91 Å². The van der Waals surface area contributed by atoms with Crippen LogP contribution in [0, 0.1) is 6.92 Å². The van der Waals surface area contributed by atoms with Gasteiger partial charge in [0.05, 0.1) is 6.61 Å². The smallest absolute Gasteiger partial charge is 0.405 e. The number of halogens is 2. The van der Waals surface area contributed by atoms with Crippen LogP contribution in [0.4, 0.5) is 13.6 Å². The van der Waals surface area contributed by atoms with Crippen LogP contribution in [0.15, 0.2) is 24.3 Å². The summed E-state index contributed by atoms with van der Waals surface area (Å²) in [6.45, 7) is -1.78. The lowest BCUT2D eigenvalue weighted by Crippen LogP contribution is -2.49. The molecule has 1 rings (SSSR count). The number of ether oxygens (including phenoxy) is 1. The molecule has 0 radical (unpaired) electrons. The Morgan fingerprint density at radius 2 is 2.10 bits per heavy atom. The van der Waals surface area contributed by atoms with E-state index in [1.807, 2.05) is 30.4 Å².